The Hall–Kier alpha value is -3.17. The molecule has 0 atom stereocenters. The Morgan fingerprint density at radius 3 is 2.35 bits per heavy atom. The molecule has 7 nitrogen and oxygen atoms in total. The SMILES string of the molecule is COc1ccc(CCNC(=O)N2CCN(c3ccc(C(F)(F)F)cn3)CC2)cc1OC. The highest BCUT2D eigenvalue weighted by Crippen LogP contribution is 2.29. The van der Waals surface area contributed by atoms with Gasteiger partial charge < -0.3 is 24.6 Å². The van der Waals surface area contributed by atoms with Gasteiger partial charge >= 0.3 is 12.2 Å². The molecule has 168 valence electrons. The lowest BCUT2D eigenvalue weighted by Crippen LogP contribution is -2.52. The number of piperazine rings is 1. The second-order valence-corrected chi connectivity index (χ2v) is 7.05. The molecular weight excluding hydrogens is 413 g/mol. The fourth-order valence-electron chi connectivity index (χ4n) is 3.34. The summed E-state index contributed by atoms with van der Waals surface area (Å²) < 4.78 is 48.5. The number of hydrogen-bond donors (Lipinski definition) is 1. The molecule has 1 N–H and O–H groups in total. The Kier molecular flexibility index (Phi) is 7.09. The zero-order valence-corrected chi connectivity index (χ0v) is 17.4. The third-order valence-electron chi connectivity index (χ3n) is 5.10. The minimum absolute atomic E-state index is 0.166. The fraction of sp³-hybridized carbons (Fsp3) is 0.429. The summed E-state index contributed by atoms with van der Waals surface area (Å²) in [6, 6.07) is 7.84. The quantitative estimate of drug-likeness (QED) is 0.751. The van der Waals surface area contributed by atoms with Crippen molar-refractivity contribution in [3.63, 3.8) is 0 Å². The van der Waals surface area contributed by atoms with E-state index in [-0.39, 0.29) is 6.03 Å². The number of benzene rings is 1. The van der Waals surface area contributed by atoms with Crippen LogP contribution in [-0.4, -0.2) is 62.9 Å². The molecule has 1 aromatic heterocycles. The highest BCUT2D eigenvalue weighted by Gasteiger charge is 2.31. The lowest BCUT2D eigenvalue weighted by molar-refractivity contribution is -0.137. The number of alkyl halides is 3. The second kappa shape index (κ2) is 9.76. The number of methoxy groups -OCH3 is 2. The lowest BCUT2D eigenvalue weighted by Gasteiger charge is -2.35. The van der Waals surface area contributed by atoms with Crippen molar-refractivity contribution in [2.45, 2.75) is 12.6 Å². The number of amides is 2. The predicted molar refractivity (Wildman–Crippen MR) is 110 cm³/mol. The zero-order valence-electron chi connectivity index (χ0n) is 17.4. The number of pyridine rings is 1. The molecule has 0 aliphatic carbocycles. The standard InChI is InChI=1S/C21H25F3N4O3/c1-30-17-5-3-15(13-18(17)31-2)7-8-25-20(29)28-11-9-27(10-12-28)19-6-4-16(14-26-19)21(22,23)24/h3-6,13-14H,7-12H2,1-2H3,(H,25,29). The van der Waals surface area contributed by atoms with Gasteiger partial charge in [-0.2, -0.15) is 13.2 Å². The number of hydrogen-bond acceptors (Lipinski definition) is 5. The molecule has 1 saturated heterocycles. The van der Waals surface area contributed by atoms with Gasteiger partial charge in [0, 0.05) is 38.9 Å². The molecule has 0 unspecified atom stereocenters. The van der Waals surface area contributed by atoms with Crippen molar-refractivity contribution >= 4 is 11.8 Å². The van der Waals surface area contributed by atoms with Gasteiger partial charge in [0.05, 0.1) is 19.8 Å². The van der Waals surface area contributed by atoms with Crippen LogP contribution in [0.15, 0.2) is 36.5 Å². The fourth-order valence-corrected chi connectivity index (χ4v) is 3.34. The van der Waals surface area contributed by atoms with Gasteiger partial charge in [0.25, 0.3) is 0 Å². The van der Waals surface area contributed by atoms with E-state index in [1.807, 2.05) is 23.1 Å². The van der Waals surface area contributed by atoms with Gasteiger partial charge in [-0.3, -0.25) is 0 Å². The zero-order chi connectivity index (χ0) is 22.4. The Labute approximate surface area is 178 Å². The topological polar surface area (TPSA) is 66.9 Å². The molecular formula is C21H25F3N4O3. The molecule has 1 fully saturated rings. The third kappa shape index (κ3) is 5.71. The van der Waals surface area contributed by atoms with Gasteiger partial charge in [0.15, 0.2) is 11.5 Å². The van der Waals surface area contributed by atoms with E-state index in [9.17, 15) is 18.0 Å². The van der Waals surface area contributed by atoms with Crippen LogP contribution < -0.4 is 19.7 Å². The van der Waals surface area contributed by atoms with E-state index in [0.29, 0.717) is 56.5 Å². The number of carbonyl (C=O) groups is 1. The third-order valence-corrected chi connectivity index (χ3v) is 5.10. The van der Waals surface area contributed by atoms with Gasteiger partial charge in [0.1, 0.15) is 5.82 Å². The summed E-state index contributed by atoms with van der Waals surface area (Å²) in [4.78, 5) is 19.9. The van der Waals surface area contributed by atoms with E-state index >= 15 is 0 Å². The summed E-state index contributed by atoms with van der Waals surface area (Å²) in [5.41, 5.74) is 0.236. The van der Waals surface area contributed by atoms with Crippen LogP contribution in [0.1, 0.15) is 11.1 Å². The van der Waals surface area contributed by atoms with Gasteiger partial charge in [-0.1, -0.05) is 6.07 Å². The first-order chi connectivity index (χ1) is 14.8. The first kappa shape index (κ1) is 22.5. The Morgan fingerprint density at radius 2 is 1.77 bits per heavy atom. The van der Waals surface area contributed by atoms with Crippen molar-refractivity contribution < 1.29 is 27.4 Å². The van der Waals surface area contributed by atoms with Crippen LogP contribution in [0.25, 0.3) is 0 Å². The number of ether oxygens (including phenoxy) is 2. The highest BCUT2D eigenvalue weighted by atomic mass is 19.4. The van der Waals surface area contributed by atoms with E-state index in [1.54, 1.807) is 19.1 Å². The monoisotopic (exact) mass is 438 g/mol. The molecule has 0 radical (unpaired) electrons. The normalized spacial score (nSPS) is 14.4. The lowest BCUT2D eigenvalue weighted by atomic mass is 10.1. The summed E-state index contributed by atoms with van der Waals surface area (Å²) in [7, 11) is 3.15. The van der Waals surface area contributed by atoms with Gasteiger partial charge in [-0.15, -0.1) is 0 Å². The summed E-state index contributed by atoms with van der Waals surface area (Å²) in [6.45, 7) is 2.40. The number of urea groups is 1. The molecule has 3 rings (SSSR count). The van der Waals surface area contributed by atoms with Crippen molar-refractivity contribution in [3.05, 3.63) is 47.7 Å². The molecule has 31 heavy (non-hydrogen) atoms. The smallest absolute Gasteiger partial charge is 0.417 e. The van der Waals surface area contributed by atoms with Crippen molar-refractivity contribution in [1.82, 2.24) is 15.2 Å². The van der Waals surface area contributed by atoms with Gasteiger partial charge in [-0.25, -0.2) is 9.78 Å². The minimum Gasteiger partial charge on any atom is -0.493 e. The highest BCUT2D eigenvalue weighted by molar-refractivity contribution is 5.74. The average molecular weight is 438 g/mol. The van der Waals surface area contributed by atoms with Crippen molar-refractivity contribution in [1.29, 1.82) is 0 Å². The van der Waals surface area contributed by atoms with Crippen LogP contribution in [0.3, 0.4) is 0 Å². The van der Waals surface area contributed by atoms with Crippen molar-refractivity contribution in [2.24, 2.45) is 0 Å². The van der Waals surface area contributed by atoms with E-state index in [0.717, 1.165) is 17.8 Å². The van der Waals surface area contributed by atoms with Crippen LogP contribution in [0.4, 0.5) is 23.8 Å². The molecule has 1 aliphatic rings. The number of rotatable bonds is 6. The summed E-state index contributed by atoms with van der Waals surface area (Å²) in [5, 5.41) is 2.90. The largest absolute Gasteiger partial charge is 0.493 e. The number of halogens is 3. The Morgan fingerprint density at radius 1 is 1.06 bits per heavy atom. The van der Waals surface area contributed by atoms with Crippen LogP contribution in [-0.2, 0) is 12.6 Å². The summed E-state index contributed by atoms with van der Waals surface area (Å²) >= 11 is 0. The number of anilines is 1. The molecule has 1 aromatic carbocycles. The molecule has 1 aliphatic heterocycles. The predicted octanol–water partition coefficient (Wildman–Crippen LogP) is 3.19. The van der Waals surface area contributed by atoms with Gasteiger partial charge in [0.2, 0.25) is 0 Å². The molecule has 10 heteroatoms. The molecule has 2 amide bonds. The Balaban J connectivity index is 1.45. The maximum Gasteiger partial charge on any atom is 0.417 e. The number of nitrogens with one attached hydrogen (secondary N) is 1. The van der Waals surface area contributed by atoms with Crippen LogP contribution in [0.5, 0.6) is 11.5 Å². The maximum absolute atomic E-state index is 12.7. The van der Waals surface area contributed by atoms with Crippen LogP contribution in [0.2, 0.25) is 0 Å². The molecule has 0 spiro atoms. The summed E-state index contributed by atoms with van der Waals surface area (Å²) in [5.74, 6) is 1.76. The number of nitrogens with zero attached hydrogens (tertiary/aromatic N) is 3. The Bertz CT molecular complexity index is 882. The number of carbonyl (C=O) groups excluding carboxylic acids is 1. The maximum atomic E-state index is 12.7. The summed E-state index contributed by atoms with van der Waals surface area (Å²) in [6.07, 6.45) is -2.93. The first-order valence-corrected chi connectivity index (χ1v) is 9.83. The van der Waals surface area contributed by atoms with E-state index in [4.69, 9.17) is 9.47 Å². The number of aromatic nitrogens is 1. The van der Waals surface area contributed by atoms with Crippen LogP contribution >= 0.6 is 0 Å². The van der Waals surface area contributed by atoms with Crippen molar-refractivity contribution in [3.8, 4) is 11.5 Å². The van der Waals surface area contributed by atoms with E-state index in [2.05, 4.69) is 10.3 Å². The van der Waals surface area contributed by atoms with Crippen LogP contribution in [0, 0.1) is 0 Å². The molecule has 2 aromatic rings. The van der Waals surface area contributed by atoms with E-state index in [1.165, 1.54) is 6.07 Å². The van der Waals surface area contributed by atoms with Gasteiger partial charge in [-0.05, 0) is 36.2 Å². The molecule has 0 bridgehead atoms. The molecule has 0 saturated carbocycles. The van der Waals surface area contributed by atoms with Crippen molar-refractivity contribution in [2.75, 3.05) is 51.8 Å². The van der Waals surface area contributed by atoms with E-state index < -0.39 is 11.7 Å². The minimum atomic E-state index is -4.40. The molecule has 2 heterocycles. The average Bonchev–Trinajstić information content (AvgIpc) is 2.78. The first-order valence-electron chi connectivity index (χ1n) is 9.83. The second-order valence-electron chi connectivity index (χ2n) is 7.05.